The van der Waals surface area contributed by atoms with E-state index in [2.05, 4.69) is 28.1 Å². The van der Waals surface area contributed by atoms with Crippen LogP contribution in [0.2, 0.25) is 0 Å². The average Bonchev–Trinajstić information content (AvgIpc) is 2.99. The maximum Gasteiger partial charge on any atom is 0.446 e. The van der Waals surface area contributed by atoms with Gasteiger partial charge in [-0.05, 0) is 83.6 Å². The van der Waals surface area contributed by atoms with E-state index in [1.165, 1.54) is 61.2 Å². The topological polar surface area (TPSA) is 128 Å². The molecule has 5 N–H and O–H groups in total. The number of anilines is 1. The van der Waals surface area contributed by atoms with Gasteiger partial charge in [0.2, 0.25) is 0 Å². The number of carboxylic acid groups (broad SMARTS) is 1. The van der Waals surface area contributed by atoms with Crippen LogP contribution in [0.15, 0.2) is 77.7 Å². The summed E-state index contributed by atoms with van der Waals surface area (Å²) in [5.41, 5.74) is -1.20. The molecule has 3 amide bonds. The number of hydrogen-bond acceptors (Lipinski definition) is 5. The zero-order chi connectivity index (χ0) is 31.0. The molecule has 1 fully saturated rings. The van der Waals surface area contributed by atoms with Crippen molar-refractivity contribution in [2.45, 2.75) is 60.6 Å². The van der Waals surface area contributed by atoms with Crippen LogP contribution in [-0.2, 0) is 4.79 Å². The van der Waals surface area contributed by atoms with Gasteiger partial charge in [0.25, 0.3) is 5.91 Å². The summed E-state index contributed by atoms with van der Waals surface area (Å²) in [7, 11) is 0. The quantitative estimate of drug-likeness (QED) is 0.167. The molecule has 1 aliphatic rings. The van der Waals surface area contributed by atoms with Crippen LogP contribution < -0.4 is 16.0 Å². The van der Waals surface area contributed by atoms with Crippen molar-refractivity contribution >= 4 is 35.4 Å². The minimum atomic E-state index is -4.41. The number of amides is 3. The van der Waals surface area contributed by atoms with E-state index in [0.717, 1.165) is 18.4 Å². The van der Waals surface area contributed by atoms with Crippen molar-refractivity contribution in [2.24, 2.45) is 0 Å². The number of rotatable bonds is 10. The Morgan fingerprint density at radius 3 is 2.00 bits per heavy atom. The first-order valence-electron chi connectivity index (χ1n) is 13.8. The van der Waals surface area contributed by atoms with Crippen molar-refractivity contribution in [1.29, 1.82) is 0 Å². The Hall–Kier alpha value is -4.03. The van der Waals surface area contributed by atoms with E-state index in [1.807, 2.05) is 12.1 Å². The third-order valence-corrected chi connectivity index (χ3v) is 7.95. The molecule has 1 aliphatic carbocycles. The summed E-state index contributed by atoms with van der Waals surface area (Å²) in [5, 5.41) is 26.1. The highest BCUT2D eigenvalue weighted by molar-refractivity contribution is 8.00. The average molecular weight is 616 g/mol. The molecule has 0 spiro atoms. The number of nitrogens with one attached hydrogen (secondary N) is 3. The molecule has 4 rings (SSSR count). The van der Waals surface area contributed by atoms with Crippen LogP contribution in [-0.4, -0.2) is 46.3 Å². The largest absolute Gasteiger partial charge is 0.479 e. The number of carboxylic acids is 1. The number of urea groups is 1. The molecule has 228 valence electrons. The van der Waals surface area contributed by atoms with Crippen LogP contribution in [0, 0.1) is 0 Å². The molecule has 1 unspecified atom stereocenters. The Balaban J connectivity index is 1.51. The van der Waals surface area contributed by atoms with Crippen LogP contribution in [0.5, 0.6) is 0 Å². The smallest absolute Gasteiger partial charge is 0.446 e. The molecule has 0 heterocycles. The zero-order valence-corrected chi connectivity index (χ0v) is 23.9. The van der Waals surface area contributed by atoms with Crippen LogP contribution in [0.25, 0.3) is 0 Å². The first kappa shape index (κ1) is 31.9. The molecular formula is C31H32F3N3O5S. The van der Waals surface area contributed by atoms with Crippen LogP contribution in [0.4, 0.5) is 23.7 Å². The fraction of sp³-hybridized carbons (Fsp3) is 0.323. The van der Waals surface area contributed by atoms with Gasteiger partial charge < -0.3 is 26.2 Å². The van der Waals surface area contributed by atoms with Gasteiger partial charge in [0, 0.05) is 16.1 Å². The molecule has 3 aromatic rings. The number of carbonyl (C=O) groups excluding carboxylic acids is 2. The number of benzene rings is 3. The number of aliphatic hydroxyl groups excluding tert-OH is 1. The van der Waals surface area contributed by atoms with Gasteiger partial charge in [-0.25, -0.2) is 9.59 Å². The fourth-order valence-electron chi connectivity index (χ4n) is 5.00. The Morgan fingerprint density at radius 1 is 0.860 bits per heavy atom. The first-order chi connectivity index (χ1) is 20.5. The summed E-state index contributed by atoms with van der Waals surface area (Å²) in [5.74, 6) is -1.53. The number of halogens is 3. The first-order valence-corrected chi connectivity index (χ1v) is 14.6. The molecule has 0 aromatic heterocycles. The molecule has 8 nitrogen and oxygen atoms in total. The van der Waals surface area contributed by atoms with Crippen LogP contribution >= 0.6 is 11.8 Å². The van der Waals surface area contributed by atoms with E-state index in [9.17, 15) is 32.7 Å². The highest BCUT2D eigenvalue weighted by Gasteiger charge is 2.29. The Labute approximate surface area is 251 Å². The van der Waals surface area contributed by atoms with Gasteiger partial charge in [0.15, 0.2) is 6.10 Å². The van der Waals surface area contributed by atoms with E-state index in [4.69, 9.17) is 5.11 Å². The van der Waals surface area contributed by atoms with Gasteiger partial charge >= 0.3 is 17.5 Å². The van der Waals surface area contributed by atoms with Gasteiger partial charge in [-0.15, -0.1) is 0 Å². The monoisotopic (exact) mass is 615 g/mol. The molecular weight excluding hydrogens is 583 g/mol. The van der Waals surface area contributed by atoms with Gasteiger partial charge in [-0.2, -0.15) is 13.2 Å². The zero-order valence-electron chi connectivity index (χ0n) is 23.1. The predicted molar refractivity (Wildman–Crippen MR) is 157 cm³/mol. The highest BCUT2D eigenvalue weighted by Crippen LogP contribution is 2.37. The van der Waals surface area contributed by atoms with Crippen molar-refractivity contribution in [3.8, 4) is 0 Å². The molecule has 43 heavy (non-hydrogen) atoms. The van der Waals surface area contributed by atoms with Crippen molar-refractivity contribution in [3.63, 3.8) is 0 Å². The number of carbonyl (C=O) groups is 3. The maximum absolute atomic E-state index is 13.0. The summed E-state index contributed by atoms with van der Waals surface area (Å²) >= 11 is -0.242. The van der Waals surface area contributed by atoms with E-state index in [1.54, 1.807) is 12.1 Å². The number of hydrogen-bond donors (Lipinski definition) is 5. The van der Waals surface area contributed by atoms with Crippen molar-refractivity contribution in [1.82, 2.24) is 10.6 Å². The fourth-order valence-corrected chi connectivity index (χ4v) is 5.54. The highest BCUT2D eigenvalue weighted by atomic mass is 32.2. The molecule has 0 bridgehead atoms. The number of alkyl halides is 3. The Bertz CT molecular complexity index is 1390. The van der Waals surface area contributed by atoms with E-state index >= 15 is 0 Å². The minimum Gasteiger partial charge on any atom is -0.479 e. The molecule has 0 radical (unpaired) electrons. The third-order valence-electron chi connectivity index (χ3n) is 7.21. The van der Waals surface area contributed by atoms with Crippen molar-refractivity contribution in [3.05, 3.63) is 95.1 Å². The number of aliphatic carboxylic acids is 1. The van der Waals surface area contributed by atoms with Gasteiger partial charge in [-0.1, -0.05) is 55.7 Å². The predicted octanol–water partition coefficient (Wildman–Crippen LogP) is 6.43. The summed E-state index contributed by atoms with van der Waals surface area (Å²) in [6, 6.07) is 18.5. The summed E-state index contributed by atoms with van der Waals surface area (Å²) in [4.78, 5) is 36.3. The van der Waals surface area contributed by atoms with E-state index in [-0.39, 0.29) is 22.2 Å². The normalized spacial score (nSPS) is 15.3. The lowest BCUT2D eigenvalue weighted by Crippen LogP contribution is -2.36. The molecule has 0 aliphatic heterocycles. The SMILES string of the molecule is O=C(Nc1ccc(SC(F)(F)F)cc1)NC(c1ccc(C(=O)NC[C@@H](O)C(=O)O)cc1)c1ccc(C2CCCCC2)cc1. The minimum absolute atomic E-state index is 0.00372. The molecule has 3 aromatic carbocycles. The lowest BCUT2D eigenvalue weighted by molar-refractivity contribution is -0.146. The van der Waals surface area contributed by atoms with E-state index in [0.29, 0.717) is 17.2 Å². The van der Waals surface area contributed by atoms with Gasteiger partial charge in [0.05, 0.1) is 12.6 Å². The second-order valence-electron chi connectivity index (χ2n) is 10.3. The van der Waals surface area contributed by atoms with E-state index < -0.39 is 42.1 Å². The van der Waals surface area contributed by atoms with Crippen molar-refractivity contribution < 1.29 is 37.8 Å². The van der Waals surface area contributed by atoms with Crippen LogP contribution in [0.3, 0.4) is 0 Å². The second kappa shape index (κ2) is 14.4. The molecule has 0 saturated heterocycles. The Kier molecular flexibility index (Phi) is 10.7. The lowest BCUT2D eigenvalue weighted by atomic mass is 9.83. The van der Waals surface area contributed by atoms with Gasteiger partial charge in [0.1, 0.15) is 0 Å². The molecule has 1 saturated carbocycles. The van der Waals surface area contributed by atoms with Crippen molar-refractivity contribution in [2.75, 3.05) is 11.9 Å². The molecule has 2 atom stereocenters. The van der Waals surface area contributed by atoms with Crippen LogP contribution in [0.1, 0.15) is 71.1 Å². The standard InChI is InChI=1S/C31H32F3N3O5S/c32-31(33,34)43-25-16-14-24(15-17-25)36-30(42)37-27(21-8-6-20(7-9-21)19-4-2-1-3-5-19)22-10-12-23(13-11-22)28(39)35-18-26(38)29(40)41/h6-17,19,26-27,38H,1-5,18H2,(H,35,39)(H,40,41)(H2,36,37,42)/t26-,27?/m1/s1. The summed E-state index contributed by atoms with van der Waals surface area (Å²) in [6.45, 7) is -0.455. The molecule has 12 heteroatoms. The number of aliphatic hydroxyl groups is 1. The number of thioether (sulfide) groups is 1. The summed E-state index contributed by atoms with van der Waals surface area (Å²) < 4.78 is 37.9. The van der Waals surface area contributed by atoms with Gasteiger partial charge in [-0.3, -0.25) is 4.79 Å². The third kappa shape index (κ3) is 9.48. The summed E-state index contributed by atoms with van der Waals surface area (Å²) in [6.07, 6.45) is 4.18. The second-order valence-corrected chi connectivity index (χ2v) is 11.4. The maximum atomic E-state index is 13.0. The Morgan fingerprint density at radius 2 is 1.44 bits per heavy atom. The lowest BCUT2D eigenvalue weighted by Gasteiger charge is -2.24.